The van der Waals surface area contributed by atoms with Crippen molar-refractivity contribution in [2.45, 2.75) is 25.6 Å². The third-order valence-corrected chi connectivity index (χ3v) is 6.01. The van der Waals surface area contributed by atoms with Crippen LogP contribution in [0.25, 0.3) is 10.2 Å². The summed E-state index contributed by atoms with van der Waals surface area (Å²) < 4.78 is 6.06. The molecule has 130 valence electrons. The normalized spacial score (nSPS) is 15.8. The number of anilines is 1. The van der Waals surface area contributed by atoms with Crippen molar-refractivity contribution < 1.29 is 4.74 Å². The standard InChI is InChI=1S/C18H17Cl2N3OS/c19-15-2-1-12(9-16(15)20)10-24-13-3-6-23(7-4-13)17-14-5-8-25-18(14)22-11-21-17/h1-2,5,8-9,11,13H,3-4,6-7,10H2. The average molecular weight is 394 g/mol. The van der Waals surface area contributed by atoms with Gasteiger partial charge >= 0.3 is 0 Å². The van der Waals surface area contributed by atoms with Gasteiger partial charge in [-0.2, -0.15) is 0 Å². The summed E-state index contributed by atoms with van der Waals surface area (Å²) in [5.41, 5.74) is 1.05. The van der Waals surface area contributed by atoms with E-state index < -0.39 is 0 Å². The number of benzene rings is 1. The van der Waals surface area contributed by atoms with E-state index in [1.807, 2.05) is 18.2 Å². The van der Waals surface area contributed by atoms with Gasteiger partial charge in [0, 0.05) is 13.1 Å². The molecule has 2 aromatic heterocycles. The Morgan fingerprint density at radius 2 is 1.96 bits per heavy atom. The number of rotatable bonds is 4. The highest BCUT2D eigenvalue weighted by atomic mass is 35.5. The molecule has 25 heavy (non-hydrogen) atoms. The van der Waals surface area contributed by atoms with E-state index in [1.54, 1.807) is 17.7 Å². The zero-order valence-corrected chi connectivity index (χ0v) is 15.8. The molecule has 3 heterocycles. The quantitative estimate of drug-likeness (QED) is 0.611. The fraction of sp³-hybridized carbons (Fsp3) is 0.333. The molecule has 3 aromatic rings. The first kappa shape index (κ1) is 17.0. The maximum absolute atomic E-state index is 6.06. The van der Waals surface area contributed by atoms with Crippen LogP contribution in [-0.2, 0) is 11.3 Å². The Bertz CT molecular complexity index is 878. The number of ether oxygens (including phenoxy) is 1. The molecule has 1 fully saturated rings. The predicted octanol–water partition coefficient (Wildman–Crippen LogP) is 5.18. The molecule has 1 aliphatic rings. The van der Waals surface area contributed by atoms with Crippen LogP contribution in [0.2, 0.25) is 10.0 Å². The molecule has 0 radical (unpaired) electrons. The number of aromatic nitrogens is 2. The van der Waals surface area contributed by atoms with Crippen LogP contribution in [0.1, 0.15) is 18.4 Å². The Hall–Kier alpha value is -1.40. The number of hydrogen-bond donors (Lipinski definition) is 0. The van der Waals surface area contributed by atoms with Gasteiger partial charge in [-0.3, -0.25) is 0 Å². The first-order chi connectivity index (χ1) is 12.2. The van der Waals surface area contributed by atoms with Crippen LogP contribution in [0.4, 0.5) is 5.82 Å². The van der Waals surface area contributed by atoms with E-state index in [0.29, 0.717) is 16.7 Å². The minimum atomic E-state index is 0.255. The zero-order valence-electron chi connectivity index (χ0n) is 13.5. The summed E-state index contributed by atoms with van der Waals surface area (Å²) >= 11 is 13.7. The second kappa shape index (κ2) is 7.46. The molecule has 1 aromatic carbocycles. The summed E-state index contributed by atoms with van der Waals surface area (Å²) in [7, 11) is 0. The molecular formula is C18H17Cl2N3OS. The molecular weight excluding hydrogens is 377 g/mol. The second-order valence-corrected chi connectivity index (χ2v) is 7.79. The number of hydrogen-bond acceptors (Lipinski definition) is 5. The maximum Gasteiger partial charge on any atom is 0.140 e. The van der Waals surface area contributed by atoms with Gasteiger partial charge in [-0.05, 0) is 42.0 Å². The van der Waals surface area contributed by atoms with Crippen molar-refractivity contribution in [1.82, 2.24) is 9.97 Å². The minimum absolute atomic E-state index is 0.255. The molecule has 0 N–H and O–H groups in total. The van der Waals surface area contributed by atoms with Crippen LogP contribution in [0.5, 0.6) is 0 Å². The van der Waals surface area contributed by atoms with Gasteiger partial charge in [-0.25, -0.2) is 9.97 Å². The Morgan fingerprint density at radius 3 is 2.76 bits per heavy atom. The zero-order chi connectivity index (χ0) is 17.2. The van der Waals surface area contributed by atoms with Gasteiger partial charge in [-0.1, -0.05) is 29.3 Å². The number of nitrogens with zero attached hydrogens (tertiary/aromatic N) is 3. The first-order valence-corrected chi connectivity index (χ1v) is 9.83. The van der Waals surface area contributed by atoms with Crippen LogP contribution >= 0.6 is 34.5 Å². The van der Waals surface area contributed by atoms with Gasteiger partial charge in [0.05, 0.1) is 28.1 Å². The van der Waals surface area contributed by atoms with Crippen molar-refractivity contribution in [2.24, 2.45) is 0 Å². The van der Waals surface area contributed by atoms with E-state index in [-0.39, 0.29) is 6.10 Å². The number of halogens is 2. The van der Waals surface area contributed by atoms with Gasteiger partial charge in [-0.15, -0.1) is 11.3 Å². The van der Waals surface area contributed by atoms with Crippen molar-refractivity contribution in [3.05, 3.63) is 51.6 Å². The molecule has 0 saturated carbocycles. The van der Waals surface area contributed by atoms with E-state index in [9.17, 15) is 0 Å². The summed E-state index contributed by atoms with van der Waals surface area (Å²) in [6.07, 6.45) is 3.88. The van der Waals surface area contributed by atoms with Gasteiger partial charge in [0.2, 0.25) is 0 Å². The maximum atomic E-state index is 6.06. The van der Waals surface area contributed by atoms with Gasteiger partial charge in [0.1, 0.15) is 17.0 Å². The third kappa shape index (κ3) is 3.75. The van der Waals surface area contributed by atoms with E-state index in [0.717, 1.165) is 47.5 Å². The van der Waals surface area contributed by atoms with Gasteiger partial charge in [0.15, 0.2) is 0 Å². The van der Waals surface area contributed by atoms with Gasteiger partial charge in [0.25, 0.3) is 0 Å². The van der Waals surface area contributed by atoms with Crippen LogP contribution in [-0.4, -0.2) is 29.2 Å². The lowest BCUT2D eigenvalue weighted by Gasteiger charge is -2.33. The minimum Gasteiger partial charge on any atom is -0.373 e. The highest BCUT2D eigenvalue weighted by Crippen LogP contribution is 2.29. The second-order valence-electron chi connectivity index (χ2n) is 6.08. The lowest BCUT2D eigenvalue weighted by atomic mass is 10.1. The Kier molecular flexibility index (Phi) is 5.08. The fourth-order valence-electron chi connectivity index (χ4n) is 3.11. The van der Waals surface area contributed by atoms with Crippen molar-refractivity contribution in [3.63, 3.8) is 0 Å². The molecule has 7 heteroatoms. The molecule has 0 spiro atoms. The van der Waals surface area contributed by atoms with Crippen LogP contribution < -0.4 is 4.90 Å². The third-order valence-electron chi connectivity index (χ3n) is 4.45. The van der Waals surface area contributed by atoms with Crippen molar-refractivity contribution in [3.8, 4) is 0 Å². The molecule has 0 aliphatic carbocycles. The van der Waals surface area contributed by atoms with Gasteiger partial charge < -0.3 is 9.64 Å². The molecule has 0 amide bonds. The van der Waals surface area contributed by atoms with Crippen molar-refractivity contribution in [2.75, 3.05) is 18.0 Å². The average Bonchev–Trinajstić information content (AvgIpc) is 3.12. The lowest BCUT2D eigenvalue weighted by molar-refractivity contribution is 0.0251. The van der Waals surface area contributed by atoms with Crippen molar-refractivity contribution in [1.29, 1.82) is 0 Å². The summed E-state index contributed by atoms with van der Waals surface area (Å²) in [5, 5.41) is 4.35. The van der Waals surface area contributed by atoms with Crippen molar-refractivity contribution >= 4 is 50.6 Å². The largest absolute Gasteiger partial charge is 0.373 e. The summed E-state index contributed by atoms with van der Waals surface area (Å²) in [5.74, 6) is 1.04. The topological polar surface area (TPSA) is 38.2 Å². The smallest absolute Gasteiger partial charge is 0.140 e. The highest BCUT2D eigenvalue weighted by Gasteiger charge is 2.22. The molecule has 0 unspecified atom stereocenters. The molecule has 0 atom stereocenters. The Balaban J connectivity index is 1.35. The molecule has 4 nitrogen and oxygen atoms in total. The predicted molar refractivity (Wildman–Crippen MR) is 104 cm³/mol. The lowest BCUT2D eigenvalue weighted by Crippen LogP contribution is -2.37. The van der Waals surface area contributed by atoms with E-state index >= 15 is 0 Å². The van der Waals surface area contributed by atoms with E-state index in [1.165, 1.54) is 0 Å². The number of fused-ring (bicyclic) bond motifs is 1. The number of thiophene rings is 1. The molecule has 1 saturated heterocycles. The van der Waals surface area contributed by atoms with E-state index in [2.05, 4.69) is 26.3 Å². The molecule has 0 bridgehead atoms. The Labute approximate surface area is 160 Å². The summed E-state index contributed by atoms with van der Waals surface area (Å²) in [6.45, 7) is 2.44. The van der Waals surface area contributed by atoms with Crippen LogP contribution in [0.15, 0.2) is 36.0 Å². The highest BCUT2D eigenvalue weighted by molar-refractivity contribution is 7.16. The number of piperidine rings is 1. The Morgan fingerprint density at radius 1 is 1.12 bits per heavy atom. The summed E-state index contributed by atoms with van der Waals surface area (Å²) in [4.78, 5) is 12.2. The SMILES string of the molecule is Clc1ccc(COC2CCN(c3ncnc4sccc34)CC2)cc1Cl. The van der Waals surface area contributed by atoms with Crippen LogP contribution in [0.3, 0.4) is 0 Å². The van der Waals surface area contributed by atoms with E-state index in [4.69, 9.17) is 27.9 Å². The molecule has 1 aliphatic heterocycles. The molecule has 4 rings (SSSR count). The first-order valence-electron chi connectivity index (χ1n) is 8.19. The monoisotopic (exact) mass is 393 g/mol. The van der Waals surface area contributed by atoms with Crippen LogP contribution in [0, 0.1) is 0 Å². The fourth-order valence-corrected chi connectivity index (χ4v) is 4.15. The summed E-state index contributed by atoms with van der Waals surface area (Å²) in [6, 6.07) is 7.74.